The maximum absolute atomic E-state index is 15.4. The van der Waals surface area contributed by atoms with E-state index < -0.39 is 88.1 Å². The number of Topliss-reactive ketones (excluding diaryl/α,β-unsaturated/α-hetero) is 1. The van der Waals surface area contributed by atoms with Gasteiger partial charge in [0, 0.05) is 31.3 Å². The Bertz CT molecular complexity index is 2250. The first-order valence-electron chi connectivity index (χ1n) is 19.8. The first kappa shape index (κ1) is 41.9. The highest BCUT2D eigenvalue weighted by Crippen LogP contribution is 2.64. The van der Waals surface area contributed by atoms with Crippen LogP contribution in [-0.4, -0.2) is 114 Å². The molecule has 0 aromatic heterocycles. The van der Waals surface area contributed by atoms with E-state index in [2.05, 4.69) is 0 Å². The monoisotopic (exact) mass is 809 g/mol. The van der Waals surface area contributed by atoms with Crippen molar-refractivity contribution in [3.8, 4) is 0 Å². The fourth-order valence-electron chi connectivity index (χ4n) is 10.0. The fraction of sp³-hybridized carbons (Fsp3) is 0.457. The van der Waals surface area contributed by atoms with Crippen molar-refractivity contribution in [1.29, 1.82) is 0 Å². The summed E-state index contributed by atoms with van der Waals surface area (Å²) >= 11 is 0. The van der Waals surface area contributed by atoms with Crippen molar-refractivity contribution in [2.45, 2.75) is 89.2 Å². The minimum atomic E-state index is -2.24. The molecule has 1 heterocycles. The number of carbonyl (C=O) groups excluding carboxylic acids is 5. The molecule has 1 saturated heterocycles. The van der Waals surface area contributed by atoms with E-state index in [1.165, 1.54) is 32.1 Å². The smallest absolute Gasteiger partial charge is 0.338 e. The topological polar surface area (TPSA) is 175 Å². The summed E-state index contributed by atoms with van der Waals surface area (Å²) in [5.41, 5.74) is -6.21. The molecule has 3 fully saturated rings. The van der Waals surface area contributed by atoms with Crippen LogP contribution in [0.1, 0.15) is 63.4 Å². The van der Waals surface area contributed by atoms with Crippen LogP contribution in [0.5, 0.6) is 0 Å². The van der Waals surface area contributed by atoms with Gasteiger partial charge in [-0.2, -0.15) is 0 Å². The number of aliphatic hydroxyl groups is 2. The Morgan fingerprint density at radius 1 is 0.932 bits per heavy atom. The molecule has 0 radical (unpaired) electrons. The van der Waals surface area contributed by atoms with Gasteiger partial charge in [0.05, 0.1) is 30.0 Å². The molecule has 4 aliphatic rings. The molecule has 1 aliphatic heterocycles. The van der Waals surface area contributed by atoms with Crippen LogP contribution in [0.2, 0.25) is 0 Å². The zero-order valence-corrected chi connectivity index (χ0v) is 34.3. The van der Waals surface area contributed by atoms with Crippen molar-refractivity contribution in [1.82, 2.24) is 4.90 Å². The van der Waals surface area contributed by atoms with Gasteiger partial charge in [-0.25, -0.2) is 9.59 Å². The predicted molar refractivity (Wildman–Crippen MR) is 214 cm³/mol. The van der Waals surface area contributed by atoms with Crippen LogP contribution in [0.15, 0.2) is 90.0 Å². The number of benzene rings is 3. The number of ether oxygens (including phenoxy) is 5. The second kappa shape index (κ2) is 15.4. The van der Waals surface area contributed by atoms with E-state index in [9.17, 15) is 29.4 Å². The molecule has 3 aliphatic carbocycles. The first-order chi connectivity index (χ1) is 27.8. The van der Waals surface area contributed by atoms with Gasteiger partial charge < -0.3 is 33.9 Å². The van der Waals surface area contributed by atoms with Crippen LogP contribution in [-0.2, 0) is 42.9 Å². The van der Waals surface area contributed by atoms with Gasteiger partial charge in [-0.05, 0) is 79.7 Å². The molecular weight excluding hydrogens is 759 g/mol. The third-order valence-corrected chi connectivity index (χ3v) is 13.1. The summed E-state index contributed by atoms with van der Waals surface area (Å²) < 4.78 is 30.7. The standard InChI is InChI=1S/C46H51NO12/c1-26-32(56-35(49)20-18-28-17-19-29-13-11-12-16-31(29)21-28)23-46(54)41(58-42(53)30-14-9-8-10-15-30)39-44(5,40(52)38(51)37(26)43(46,3)4)33(57-36(50)24-47(6)7)22-34-45(39,25-55-34)59-27(2)48/h8-21,32-34,38-39,41,51,54H,22-25H2,1-7H3/b20-18+/t32-,33-,34+,38+,39-,41-,44?,45-,46+/m0/s1. The number of likely N-dealkylation sites (N-methyl/N-ethyl adjacent to an activating group) is 1. The van der Waals surface area contributed by atoms with Crippen molar-refractivity contribution < 1.29 is 57.9 Å². The first-order valence-corrected chi connectivity index (χ1v) is 19.8. The number of aliphatic hydroxyl groups excluding tert-OH is 1. The van der Waals surface area contributed by atoms with Crippen LogP contribution in [0.3, 0.4) is 0 Å². The Hall–Kier alpha value is -5.21. The summed E-state index contributed by atoms with van der Waals surface area (Å²) in [5, 5.41) is 28.0. The maximum atomic E-state index is 15.4. The molecule has 3 aromatic carbocycles. The summed E-state index contributed by atoms with van der Waals surface area (Å²) in [5.74, 6) is -5.33. The zero-order valence-electron chi connectivity index (χ0n) is 34.3. The average molecular weight is 810 g/mol. The van der Waals surface area contributed by atoms with Crippen molar-refractivity contribution >= 4 is 46.5 Å². The molecule has 13 nitrogen and oxygen atoms in total. The summed E-state index contributed by atoms with van der Waals surface area (Å²) in [6, 6.07) is 21.6. The SMILES string of the molecule is CC(=O)O[C@@]12CO[C@@H]1C[C@H](OC(=O)CN(C)C)C1(C)C(=O)[C@H](O)C3=C(C)[C@@H](OC(=O)/C=C/c4ccc5ccccc5c4)C[C@@](O)([C@@H](OC(=O)c4ccccc4)[C@@H]12)C3(C)C. The van der Waals surface area contributed by atoms with Crippen LogP contribution in [0, 0.1) is 16.7 Å². The second-order valence-corrected chi connectivity index (χ2v) is 17.2. The molecule has 0 amide bonds. The van der Waals surface area contributed by atoms with Crippen LogP contribution in [0.25, 0.3) is 16.8 Å². The highest BCUT2D eigenvalue weighted by atomic mass is 16.6. The van der Waals surface area contributed by atoms with Gasteiger partial charge in [-0.3, -0.25) is 19.3 Å². The third kappa shape index (κ3) is 7.07. The number of ketones is 1. The van der Waals surface area contributed by atoms with Crippen LogP contribution < -0.4 is 0 Å². The highest BCUT2D eigenvalue weighted by Gasteiger charge is 2.78. The Labute approximate surface area is 342 Å². The molecule has 2 N–H and O–H groups in total. The van der Waals surface area contributed by atoms with E-state index in [1.54, 1.807) is 64.0 Å². The van der Waals surface area contributed by atoms with Gasteiger partial charge in [-0.1, -0.05) is 68.4 Å². The van der Waals surface area contributed by atoms with Crippen LogP contribution in [0.4, 0.5) is 0 Å². The third-order valence-electron chi connectivity index (χ3n) is 13.1. The largest absolute Gasteiger partial charge is 0.460 e. The lowest BCUT2D eigenvalue weighted by Gasteiger charge is -2.67. The Kier molecular flexibility index (Phi) is 11.0. The zero-order chi connectivity index (χ0) is 42.7. The number of carbonyl (C=O) groups is 5. The molecule has 59 heavy (non-hydrogen) atoms. The predicted octanol–water partition coefficient (Wildman–Crippen LogP) is 4.61. The quantitative estimate of drug-likeness (QED) is 0.133. The second-order valence-electron chi connectivity index (χ2n) is 17.2. The lowest BCUT2D eigenvalue weighted by Crippen LogP contribution is -2.82. The van der Waals surface area contributed by atoms with E-state index >= 15 is 4.79 Å². The number of hydrogen-bond acceptors (Lipinski definition) is 13. The molecule has 3 aromatic rings. The minimum absolute atomic E-state index is 0.0554. The van der Waals surface area contributed by atoms with Gasteiger partial charge in [-0.15, -0.1) is 0 Å². The molecule has 9 atom stereocenters. The summed E-state index contributed by atoms with van der Waals surface area (Å²) in [6.07, 6.45) is -4.76. The molecule has 2 bridgehead atoms. The van der Waals surface area contributed by atoms with Gasteiger partial charge >= 0.3 is 23.9 Å². The maximum Gasteiger partial charge on any atom is 0.338 e. The molecule has 13 heteroatoms. The van der Waals surface area contributed by atoms with Crippen molar-refractivity contribution in [2.75, 3.05) is 27.2 Å². The molecule has 0 spiro atoms. The van der Waals surface area contributed by atoms with Crippen LogP contribution >= 0.6 is 0 Å². The van der Waals surface area contributed by atoms with Crippen molar-refractivity contribution in [3.63, 3.8) is 0 Å². The van der Waals surface area contributed by atoms with Gasteiger partial charge in [0.25, 0.3) is 0 Å². The summed E-state index contributed by atoms with van der Waals surface area (Å²) in [4.78, 5) is 71.3. The Morgan fingerprint density at radius 2 is 1.61 bits per heavy atom. The summed E-state index contributed by atoms with van der Waals surface area (Å²) in [6.45, 7) is 7.14. The number of fused-ring (bicyclic) bond motifs is 6. The van der Waals surface area contributed by atoms with E-state index in [-0.39, 0.29) is 37.1 Å². The lowest BCUT2D eigenvalue weighted by molar-refractivity contribution is -0.346. The number of hydrogen-bond donors (Lipinski definition) is 2. The van der Waals surface area contributed by atoms with E-state index in [0.717, 1.165) is 16.3 Å². The fourth-order valence-corrected chi connectivity index (χ4v) is 10.0. The van der Waals surface area contributed by atoms with Crippen molar-refractivity contribution in [3.05, 3.63) is 101 Å². The Morgan fingerprint density at radius 3 is 2.25 bits per heavy atom. The van der Waals surface area contributed by atoms with Gasteiger partial charge in [0.15, 0.2) is 11.4 Å². The number of nitrogens with zero attached hydrogens (tertiary/aromatic N) is 1. The number of esters is 4. The van der Waals surface area contributed by atoms with E-state index in [1.807, 2.05) is 42.5 Å². The lowest BCUT2D eigenvalue weighted by atomic mass is 9.44. The van der Waals surface area contributed by atoms with Gasteiger partial charge in [0.1, 0.15) is 36.1 Å². The van der Waals surface area contributed by atoms with E-state index in [4.69, 9.17) is 23.7 Å². The minimum Gasteiger partial charge on any atom is -0.460 e. The number of rotatable bonds is 9. The molecule has 7 rings (SSSR count). The molecule has 312 valence electrons. The normalized spacial score (nSPS) is 32.3. The van der Waals surface area contributed by atoms with E-state index in [0.29, 0.717) is 5.57 Å². The Balaban J connectivity index is 1.38. The molecular formula is C46H51NO12. The molecule has 2 saturated carbocycles. The average Bonchev–Trinajstić information content (AvgIpc) is 3.18. The van der Waals surface area contributed by atoms with Gasteiger partial charge in [0.2, 0.25) is 0 Å². The molecule has 1 unspecified atom stereocenters. The van der Waals surface area contributed by atoms with Crippen molar-refractivity contribution in [2.24, 2.45) is 16.7 Å². The summed E-state index contributed by atoms with van der Waals surface area (Å²) in [7, 11) is 3.35. The highest BCUT2D eigenvalue weighted by molar-refractivity contribution is 5.95.